The van der Waals surface area contributed by atoms with Gasteiger partial charge in [0.25, 0.3) is 0 Å². The molecule has 2 saturated heterocycles. The Hall–Kier alpha value is -0.120. The predicted octanol–water partition coefficient (Wildman–Crippen LogP) is 1.42. The summed E-state index contributed by atoms with van der Waals surface area (Å²) in [5.41, 5.74) is 0. The van der Waals surface area contributed by atoms with Crippen molar-refractivity contribution in [2.75, 3.05) is 26.2 Å². The van der Waals surface area contributed by atoms with Crippen molar-refractivity contribution in [1.29, 1.82) is 0 Å². The van der Waals surface area contributed by atoms with E-state index in [2.05, 4.69) is 44.4 Å². The number of aliphatic hydroxyl groups excluding tert-OH is 1. The number of β-amino-alcohol motifs (C(OH)–C–C–N with tert-alkyl or cyclic N) is 1. The Balaban J connectivity index is 0.000000160. The molecule has 0 aromatic carbocycles. The molecule has 2 aliphatic rings. The van der Waals surface area contributed by atoms with E-state index in [-0.39, 0.29) is 6.10 Å². The van der Waals surface area contributed by atoms with Gasteiger partial charge < -0.3 is 10.0 Å². The molecule has 0 unspecified atom stereocenters. The summed E-state index contributed by atoms with van der Waals surface area (Å²) >= 11 is 0. The van der Waals surface area contributed by atoms with Gasteiger partial charge in [0.1, 0.15) is 0 Å². The van der Waals surface area contributed by atoms with E-state index in [0.29, 0.717) is 6.04 Å². The lowest BCUT2D eigenvalue weighted by molar-refractivity contribution is -0.0161. The maximum absolute atomic E-state index is 8.83. The highest BCUT2D eigenvalue weighted by Crippen LogP contribution is 2.16. The van der Waals surface area contributed by atoms with Gasteiger partial charge in [-0.1, -0.05) is 6.92 Å². The highest BCUT2D eigenvalue weighted by molar-refractivity contribution is 4.80. The fourth-order valence-electron chi connectivity index (χ4n) is 2.08. The van der Waals surface area contributed by atoms with Crippen molar-refractivity contribution >= 4 is 0 Å². The van der Waals surface area contributed by atoms with Crippen molar-refractivity contribution in [2.24, 2.45) is 5.92 Å². The van der Waals surface area contributed by atoms with E-state index < -0.39 is 0 Å². The van der Waals surface area contributed by atoms with Gasteiger partial charge in [-0.3, -0.25) is 4.90 Å². The number of hydrogen-bond donors (Lipinski definition) is 1. The Bertz CT molecular complexity index is 172. The molecule has 2 fully saturated rings. The van der Waals surface area contributed by atoms with Crippen molar-refractivity contribution < 1.29 is 5.11 Å². The van der Waals surface area contributed by atoms with Crippen molar-refractivity contribution in [1.82, 2.24) is 9.80 Å². The molecule has 0 saturated carbocycles. The van der Waals surface area contributed by atoms with Crippen LogP contribution in [0.5, 0.6) is 0 Å². The topological polar surface area (TPSA) is 26.7 Å². The smallest absolute Gasteiger partial charge is 0.0794 e. The van der Waals surface area contributed by atoms with Gasteiger partial charge in [0, 0.05) is 38.3 Å². The van der Waals surface area contributed by atoms with Gasteiger partial charge in [0.15, 0.2) is 0 Å². The molecule has 2 heterocycles. The Morgan fingerprint density at radius 3 is 1.38 bits per heavy atom. The van der Waals surface area contributed by atoms with Crippen molar-refractivity contribution in [3.05, 3.63) is 0 Å². The van der Waals surface area contributed by atoms with Crippen LogP contribution in [-0.2, 0) is 0 Å². The van der Waals surface area contributed by atoms with Crippen LogP contribution < -0.4 is 0 Å². The van der Waals surface area contributed by atoms with E-state index in [1.165, 1.54) is 13.1 Å². The highest BCUT2D eigenvalue weighted by Gasteiger charge is 2.25. The predicted molar refractivity (Wildman–Crippen MR) is 68.6 cm³/mol. The van der Waals surface area contributed by atoms with Crippen molar-refractivity contribution in [3.8, 4) is 0 Å². The highest BCUT2D eigenvalue weighted by atomic mass is 16.3. The molecule has 16 heavy (non-hydrogen) atoms. The van der Waals surface area contributed by atoms with Gasteiger partial charge >= 0.3 is 0 Å². The zero-order valence-electron chi connectivity index (χ0n) is 11.5. The average Bonchev–Trinajstić information content (AvgIpc) is 2.08. The Labute approximate surface area is 100 Å². The van der Waals surface area contributed by atoms with Gasteiger partial charge in [-0.05, 0) is 33.6 Å². The number of likely N-dealkylation sites (tertiary alicyclic amines) is 2. The zero-order valence-corrected chi connectivity index (χ0v) is 11.5. The van der Waals surface area contributed by atoms with Gasteiger partial charge in [-0.15, -0.1) is 0 Å². The minimum absolute atomic E-state index is 0.0441. The average molecular weight is 228 g/mol. The quantitative estimate of drug-likeness (QED) is 0.774. The van der Waals surface area contributed by atoms with Gasteiger partial charge in [-0.2, -0.15) is 0 Å². The van der Waals surface area contributed by atoms with Crippen LogP contribution in [0.3, 0.4) is 0 Å². The molecule has 0 bridgehead atoms. The Morgan fingerprint density at radius 1 is 0.875 bits per heavy atom. The van der Waals surface area contributed by atoms with Crippen LogP contribution in [0.15, 0.2) is 0 Å². The summed E-state index contributed by atoms with van der Waals surface area (Å²) in [4.78, 5) is 4.73. The number of hydrogen-bond acceptors (Lipinski definition) is 3. The second-order valence-electron chi connectivity index (χ2n) is 5.85. The molecule has 2 rings (SSSR count). The minimum atomic E-state index is -0.0441. The van der Waals surface area contributed by atoms with E-state index in [9.17, 15) is 0 Å². The fourth-order valence-corrected chi connectivity index (χ4v) is 2.08. The molecule has 3 heteroatoms. The number of rotatable bonds is 2. The van der Waals surface area contributed by atoms with Gasteiger partial charge in [0.2, 0.25) is 0 Å². The van der Waals surface area contributed by atoms with Gasteiger partial charge in [-0.25, -0.2) is 0 Å². The minimum Gasteiger partial charge on any atom is -0.390 e. The standard InChI is InChI=1S/C7H15N.C6H13NO/c1-6(2)8-4-7(3)5-8;1-5(2)7-3-6(8)4-7/h6-7H,4-5H2,1-3H3;5-6,8H,3-4H2,1-2H3. The summed E-state index contributed by atoms with van der Waals surface area (Å²) in [6.45, 7) is 15.5. The zero-order chi connectivity index (χ0) is 12.3. The molecule has 0 spiro atoms. The van der Waals surface area contributed by atoms with Crippen LogP contribution in [0.1, 0.15) is 34.6 Å². The second-order valence-corrected chi connectivity index (χ2v) is 5.85. The summed E-state index contributed by atoms with van der Waals surface area (Å²) in [5, 5.41) is 8.83. The first kappa shape index (κ1) is 13.9. The Morgan fingerprint density at radius 2 is 1.25 bits per heavy atom. The molecule has 2 aliphatic heterocycles. The van der Waals surface area contributed by atoms with Crippen LogP contribution in [0, 0.1) is 5.92 Å². The molecule has 0 amide bonds. The second kappa shape index (κ2) is 5.99. The lowest BCUT2D eigenvalue weighted by atomic mass is 10.0. The van der Waals surface area contributed by atoms with Gasteiger partial charge in [0.05, 0.1) is 6.10 Å². The molecule has 96 valence electrons. The van der Waals surface area contributed by atoms with Crippen LogP contribution in [0.4, 0.5) is 0 Å². The van der Waals surface area contributed by atoms with Crippen LogP contribution in [0.2, 0.25) is 0 Å². The maximum Gasteiger partial charge on any atom is 0.0794 e. The lowest BCUT2D eigenvalue weighted by Gasteiger charge is -2.40. The summed E-state index contributed by atoms with van der Waals surface area (Å²) in [6.07, 6.45) is -0.0441. The van der Waals surface area contributed by atoms with E-state index in [0.717, 1.165) is 25.0 Å². The first-order chi connectivity index (χ1) is 7.40. The van der Waals surface area contributed by atoms with Crippen LogP contribution >= 0.6 is 0 Å². The molecule has 0 aliphatic carbocycles. The van der Waals surface area contributed by atoms with E-state index in [1.807, 2.05) is 0 Å². The normalized spacial score (nSPS) is 24.0. The van der Waals surface area contributed by atoms with Crippen molar-refractivity contribution in [3.63, 3.8) is 0 Å². The molecule has 3 nitrogen and oxygen atoms in total. The summed E-state index contributed by atoms with van der Waals surface area (Å²) in [5.74, 6) is 0.956. The summed E-state index contributed by atoms with van der Waals surface area (Å²) in [7, 11) is 0. The maximum atomic E-state index is 8.83. The van der Waals surface area contributed by atoms with Crippen molar-refractivity contribution in [2.45, 2.75) is 52.8 Å². The first-order valence-corrected chi connectivity index (χ1v) is 6.56. The lowest BCUT2D eigenvalue weighted by Crippen LogP contribution is -2.53. The van der Waals surface area contributed by atoms with Crippen LogP contribution in [0.25, 0.3) is 0 Å². The molecule has 0 aromatic rings. The number of nitrogens with zero attached hydrogens (tertiary/aromatic N) is 2. The monoisotopic (exact) mass is 228 g/mol. The van der Waals surface area contributed by atoms with E-state index in [4.69, 9.17) is 5.11 Å². The summed E-state index contributed by atoms with van der Waals surface area (Å²) in [6, 6.07) is 1.38. The molecule has 0 aromatic heterocycles. The third kappa shape index (κ3) is 4.04. The molecule has 0 atom stereocenters. The first-order valence-electron chi connectivity index (χ1n) is 6.56. The summed E-state index contributed by atoms with van der Waals surface area (Å²) < 4.78 is 0. The Kier molecular flexibility index (Phi) is 5.22. The SMILES string of the molecule is CC(C)N1CC(O)C1.CC1CN(C(C)C)C1. The van der Waals surface area contributed by atoms with Crippen LogP contribution in [-0.4, -0.2) is 59.3 Å². The number of aliphatic hydroxyl groups is 1. The largest absolute Gasteiger partial charge is 0.390 e. The molecule has 0 radical (unpaired) electrons. The third-order valence-corrected chi connectivity index (χ3v) is 3.44. The third-order valence-electron chi connectivity index (χ3n) is 3.44. The fraction of sp³-hybridized carbons (Fsp3) is 1.00. The molecule has 1 N–H and O–H groups in total. The van der Waals surface area contributed by atoms with E-state index in [1.54, 1.807) is 0 Å². The van der Waals surface area contributed by atoms with E-state index >= 15 is 0 Å². The molecular formula is C13H28N2O. The molecular weight excluding hydrogens is 200 g/mol.